The smallest absolute Gasteiger partial charge is 0.381 e. The van der Waals surface area contributed by atoms with Crippen molar-refractivity contribution in [1.29, 1.82) is 0 Å². The molecule has 0 unspecified atom stereocenters. The van der Waals surface area contributed by atoms with Gasteiger partial charge < -0.3 is 10.5 Å². The zero-order chi connectivity index (χ0) is 10.8. The summed E-state index contributed by atoms with van der Waals surface area (Å²) in [5, 5.41) is 0. The van der Waals surface area contributed by atoms with Gasteiger partial charge in [-0.15, -0.1) is 0 Å². The number of methoxy groups -OCH3 is 1. The lowest BCUT2D eigenvalue weighted by atomic mass is 10.1. The van der Waals surface area contributed by atoms with E-state index >= 15 is 0 Å². The molecule has 5 heteroatoms. The number of halogens is 2. The Kier molecular flexibility index (Phi) is 2.69. The highest BCUT2D eigenvalue weighted by Gasteiger charge is 2.42. The van der Waals surface area contributed by atoms with Gasteiger partial charge in [-0.05, 0) is 12.1 Å². The highest BCUT2D eigenvalue weighted by molar-refractivity contribution is 5.79. The van der Waals surface area contributed by atoms with Crippen molar-refractivity contribution in [2.24, 2.45) is 0 Å². The van der Waals surface area contributed by atoms with Gasteiger partial charge in [-0.25, -0.2) is 4.79 Å². The van der Waals surface area contributed by atoms with Crippen LogP contribution in [-0.4, -0.2) is 13.1 Å². The number of alkyl halides is 2. The third-order valence-electron chi connectivity index (χ3n) is 1.71. The summed E-state index contributed by atoms with van der Waals surface area (Å²) in [6.07, 6.45) is 0. The van der Waals surface area contributed by atoms with Gasteiger partial charge in [0.15, 0.2) is 0 Å². The van der Waals surface area contributed by atoms with E-state index in [2.05, 4.69) is 4.74 Å². The fourth-order valence-corrected chi connectivity index (χ4v) is 0.938. The Morgan fingerprint density at radius 2 is 1.86 bits per heavy atom. The Bertz CT molecular complexity index is 335. The van der Waals surface area contributed by atoms with E-state index in [-0.39, 0.29) is 0 Å². The Balaban J connectivity index is 3.03. The third-order valence-corrected chi connectivity index (χ3v) is 1.71. The van der Waals surface area contributed by atoms with E-state index in [0.717, 1.165) is 19.2 Å². The average molecular weight is 201 g/mol. The van der Waals surface area contributed by atoms with Crippen molar-refractivity contribution < 1.29 is 18.3 Å². The van der Waals surface area contributed by atoms with Crippen molar-refractivity contribution in [3.8, 4) is 0 Å². The van der Waals surface area contributed by atoms with E-state index in [9.17, 15) is 13.6 Å². The van der Waals surface area contributed by atoms with Gasteiger partial charge >= 0.3 is 11.9 Å². The number of carbonyl (C=O) groups is 1. The maximum atomic E-state index is 13.2. The Labute approximate surface area is 79.5 Å². The Morgan fingerprint density at radius 1 is 1.36 bits per heavy atom. The number of benzene rings is 1. The van der Waals surface area contributed by atoms with Crippen molar-refractivity contribution in [2.75, 3.05) is 12.8 Å². The summed E-state index contributed by atoms with van der Waals surface area (Å²) in [6.45, 7) is 0. The third kappa shape index (κ3) is 1.81. The van der Waals surface area contributed by atoms with Gasteiger partial charge in [0.1, 0.15) is 0 Å². The Hall–Kier alpha value is -1.65. The number of rotatable bonds is 2. The molecule has 0 bridgehead atoms. The van der Waals surface area contributed by atoms with Crippen LogP contribution in [-0.2, 0) is 15.5 Å². The zero-order valence-electron chi connectivity index (χ0n) is 7.46. The van der Waals surface area contributed by atoms with Crippen LogP contribution >= 0.6 is 0 Å². The predicted molar refractivity (Wildman–Crippen MR) is 46.8 cm³/mol. The van der Waals surface area contributed by atoms with Crippen molar-refractivity contribution in [2.45, 2.75) is 5.92 Å². The SMILES string of the molecule is COC(=O)C(F)(F)c1ccc(N)cc1. The molecule has 0 atom stereocenters. The van der Waals surface area contributed by atoms with E-state index in [1.54, 1.807) is 0 Å². The summed E-state index contributed by atoms with van der Waals surface area (Å²) in [6, 6.07) is 4.77. The van der Waals surface area contributed by atoms with Crippen molar-refractivity contribution in [1.82, 2.24) is 0 Å². The summed E-state index contributed by atoms with van der Waals surface area (Å²) >= 11 is 0. The summed E-state index contributed by atoms with van der Waals surface area (Å²) in [5.41, 5.74) is 5.24. The first kappa shape index (κ1) is 10.4. The molecule has 0 aliphatic heterocycles. The molecule has 1 rings (SSSR count). The molecule has 1 aromatic rings. The quantitative estimate of drug-likeness (QED) is 0.583. The molecule has 0 spiro atoms. The molecule has 76 valence electrons. The van der Waals surface area contributed by atoms with Crippen molar-refractivity contribution >= 4 is 11.7 Å². The molecule has 0 heterocycles. The van der Waals surface area contributed by atoms with Crippen LogP contribution < -0.4 is 5.73 Å². The normalized spacial score (nSPS) is 11.1. The number of hydrogen-bond acceptors (Lipinski definition) is 3. The monoisotopic (exact) mass is 201 g/mol. The number of hydrogen-bond donors (Lipinski definition) is 1. The van der Waals surface area contributed by atoms with Crippen LogP contribution in [0.4, 0.5) is 14.5 Å². The molecule has 2 N–H and O–H groups in total. The van der Waals surface area contributed by atoms with Crippen molar-refractivity contribution in [3.63, 3.8) is 0 Å². The lowest BCUT2D eigenvalue weighted by Gasteiger charge is -2.13. The van der Waals surface area contributed by atoms with E-state index < -0.39 is 17.5 Å². The molecule has 0 aliphatic carbocycles. The van der Waals surface area contributed by atoms with Crippen LogP contribution in [0, 0.1) is 0 Å². The number of ether oxygens (including phenoxy) is 1. The van der Waals surface area contributed by atoms with Crippen LogP contribution in [0.15, 0.2) is 24.3 Å². The van der Waals surface area contributed by atoms with E-state index in [0.29, 0.717) is 5.69 Å². The molecule has 0 aliphatic rings. The molecule has 3 nitrogen and oxygen atoms in total. The minimum absolute atomic E-state index is 0.356. The van der Waals surface area contributed by atoms with E-state index in [1.807, 2.05) is 0 Å². The first-order chi connectivity index (χ1) is 6.48. The standard InChI is InChI=1S/C9H9F2NO2/c1-14-8(13)9(10,11)6-2-4-7(12)5-3-6/h2-5H,12H2,1H3. The second-order valence-corrected chi connectivity index (χ2v) is 2.69. The molecule has 0 amide bonds. The van der Waals surface area contributed by atoms with E-state index in [4.69, 9.17) is 5.73 Å². The van der Waals surface area contributed by atoms with Crippen LogP contribution in [0.25, 0.3) is 0 Å². The minimum atomic E-state index is -3.62. The maximum Gasteiger partial charge on any atom is 0.381 e. The number of nitrogen functional groups attached to an aromatic ring is 1. The van der Waals surface area contributed by atoms with Gasteiger partial charge in [0.2, 0.25) is 0 Å². The zero-order valence-corrected chi connectivity index (χ0v) is 7.46. The van der Waals surface area contributed by atoms with Crippen LogP contribution in [0.3, 0.4) is 0 Å². The minimum Gasteiger partial charge on any atom is -0.464 e. The predicted octanol–water partition coefficient (Wildman–Crippen LogP) is 1.53. The highest BCUT2D eigenvalue weighted by atomic mass is 19.3. The lowest BCUT2D eigenvalue weighted by molar-refractivity contribution is -0.170. The largest absolute Gasteiger partial charge is 0.464 e. The number of nitrogens with two attached hydrogens (primary N) is 1. The molecular weight excluding hydrogens is 192 g/mol. The van der Waals surface area contributed by atoms with Crippen LogP contribution in [0.2, 0.25) is 0 Å². The summed E-state index contributed by atoms with van der Waals surface area (Å²) in [7, 11) is 0.910. The van der Waals surface area contributed by atoms with Crippen LogP contribution in [0.5, 0.6) is 0 Å². The topological polar surface area (TPSA) is 52.3 Å². The first-order valence-electron chi connectivity index (χ1n) is 3.80. The summed E-state index contributed by atoms with van der Waals surface area (Å²) < 4.78 is 30.3. The molecule has 0 saturated heterocycles. The second kappa shape index (κ2) is 3.61. The van der Waals surface area contributed by atoms with Gasteiger partial charge in [-0.2, -0.15) is 8.78 Å². The number of anilines is 1. The summed E-state index contributed by atoms with van der Waals surface area (Å²) in [4.78, 5) is 10.7. The molecule has 14 heavy (non-hydrogen) atoms. The summed E-state index contributed by atoms with van der Waals surface area (Å²) in [5.74, 6) is -5.20. The maximum absolute atomic E-state index is 13.2. The highest BCUT2D eigenvalue weighted by Crippen LogP contribution is 2.29. The second-order valence-electron chi connectivity index (χ2n) is 2.69. The lowest BCUT2D eigenvalue weighted by Crippen LogP contribution is -2.27. The first-order valence-corrected chi connectivity index (χ1v) is 3.80. The molecule has 0 fully saturated rings. The molecular formula is C9H9F2NO2. The number of carbonyl (C=O) groups excluding carboxylic acids is 1. The average Bonchev–Trinajstić information content (AvgIpc) is 2.17. The molecule has 0 saturated carbocycles. The number of esters is 1. The van der Waals surface area contributed by atoms with Gasteiger partial charge in [-0.3, -0.25) is 0 Å². The fourth-order valence-electron chi connectivity index (χ4n) is 0.938. The van der Waals surface area contributed by atoms with Gasteiger partial charge in [0.25, 0.3) is 0 Å². The van der Waals surface area contributed by atoms with Crippen molar-refractivity contribution in [3.05, 3.63) is 29.8 Å². The molecule has 1 aromatic carbocycles. The van der Waals surface area contributed by atoms with E-state index in [1.165, 1.54) is 12.1 Å². The van der Waals surface area contributed by atoms with Gasteiger partial charge in [0.05, 0.1) is 7.11 Å². The fraction of sp³-hybridized carbons (Fsp3) is 0.222. The van der Waals surface area contributed by atoms with Crippen LogP contribution in [0.1, 0.15) is 5.56 Å². The molecule has 0 aromatic heterocycles. The van der Waals surface area contributed by atoms with Gasteiger partial charge in [-0.1, -0.05) is 12.1 Å². The molecule has 0 radical (unpaired) electrons. The van der Waals surface area contributed by atoms with Gasteiger partial charge in [0, 0.05) is 11.3 Å². The Morgan fingerprint density at radius 3 is 2.29 bits per heavy atom.